The van der Waals surface area contributed by atoms with Crippen LogP contribution < -0.4 is 0 Å². The number of hydrogen-bond donors (Lipinski definition) is 0. The number of Topliss-reactive ketones (excluding diaryl/α,β-unsaturated/α-hetero) is 1. The van der Waals surface area contributed by atoms with Crippen molar-refractivity contribution >= 4 is 46.8 Å². The van der Waals surface area contributed by atoms with E-state index in [1.54, 1.807) is 28.4 Å². The molecule has 2 aliphatic heterocycles. The number of aromatic nitrogens is 4. The lowest BCUT2D eigenvalue weighted by Gasteiger charge is -2.49. The fourth-order valence-corrected chi connectivity index (χ4v) is 6.53. The van der Waals surface area contributed by atoms with Gasteiger partial charge in [0.2, 0.25) is 16.8 Å². The molecule has 3 atom stereocenters. The molecule has 3 heterocycles. The van der Waals surface area contributed by atoms with E-state index in [2.05, 4.69) is 36.3 Å². The minimum atomic E-state index is -0.644. The number of amides is 1. The summed E-state index contributed by atoms with van der Waals surface area (Å²) in [6, 6.07) is 7.60. The van der Waals surface area contributed by atoms with Gasteiger partial charge in [0.25, 0.3) is 0 Å². The number of fused-ring (bicyclic) bond motifs is 1. The third-order valence-electron chi connectivity index (χ3n) is 5.23. The van der Waals surface area contributed by atoms with Crippen molar-refractivity contribution < 1.29 is 9.59 Å². The number of ketones is 1. The molecule has 1 fully saturated rings. The van der Waals surface area contributed by atoms with E-state index in [1.807, 2.05) is 31.2 Å². The zero-order chi connectivity index (χ0) is 21.8. The minimum Gasteiger partial charge on any atom is -0.293 e. The molecule has 1 saturated heterocycles. The van der Waals surface area contributed by atoms with Gasteiger partial charge >= 0.3 is 0 Å². The number of carbonyl (C=O) groups excluding carboxylic acids is 2. The fraction of sp³-hybridized carbons (Fsp3) is 0.450. The molecule has 0 aliphatic carbocycles. The Morgan fingerprint density at radius 1 is 1.23 bits per heavy atom. The highest BCUT2D eigenvalue weighted by Gasteiger charge is 2.54. The number of rotatable bonds is 4. The van der Waals surface area contributed by atoms with Gasteiger partial charge in [0, 0.05) is 12.6 Å². The molecule has 2 aliphatic rings. The lowest BCUT2D eigenvalue weighted by atomic mass is 9.86. The van der Waals surface area contributed by atoms with Crippen LogP contribution in [0.2, 0.25) is 0 Å². The number of carbonyl (C=O) groups is 2. The molecular weight excluding hydrogens is 442 g/mol. The molecule has 0 saturated carbocycles. The highest BCUT2D eigenvalue weighted by atomic mass is 35.5. The van der Waals surface area contributed by atoms with Crippen LogP contribution >= 0.6 is 35.1 Å². The van der Waals surface area contributed by atoms with Crippen molar-refractivity contribution in [3.05, 3.63) is 46.7 Å². The lowest BCUT2D eigenvalue weighted by molar-refractivity contribution is -0.137. The van der Waals surface area contributed by atoms with Crippen LogP contribution in [-0.2, 0) is 17.3 Å². The van der Waals surface area contributed by atoms with Crippen LogP contribution in [0.5, 0.6) is 0 Å². The Labute approximate surface area is 188 Å². The highest BCUT2D eigenvalue weighted by molar-refractivity contribution is 8.17. The van der Waals surface area contributed by atoms with Gasteiger partial charge in [-0.2, -0.15) is 0 Å². The monoisotopic (exact) mass is 463 g/mol. The smallest absolute Gasteiger partial charge is 0.249 e. The van der Waals surface area contributed by atoms with Gasteiger partial charge in [-0.15, -0.1) is 28.5 Å². The van der Waals surface area contributed by atoms with Gasteiger partial charge in [0.05, 0.1) is 10.3 Å². The average molecular weight is 464 g/mol. The number of alkyl halides is 1. The second-order valence-corrected chi connectivity index (χ2v) is 11.4. The predicted octanol–water partition coefficient (Wildman–Crippen LogP) is 3.61. The Balaban J connectivity index is 1.70. The number of β-lactam (4-membered cyclic amide) rings is 1. The quantitative estimate of drug-likeness (QED) is 0.389. The van der Waals surface area contributed by atoms with Gasteiger partial charge in [-0.25, -0.2) is 4.68 Å². The Hall–Kier alpha value is -1.84. The third-order valence-corrected chi connectivity index (χ3v) is 8.91. The molecule has 30 heavy (non-hydrogen) atoms. The molecule has 1 amide bonds. The molecule has 10 heteroatoms. The molecule has 0 N–H and O–H groups in total. The van der Waals surface area contributed by atoms with Gasteiger partial charge in [-0.3, -0.25) is 14.5 Å². The van der Waals surface area contributed by atoms with Gasteiger partial charge in [0.15, 0.2) is 0 Å². The third kappa shape index (κ3) is 3.56. The van der Waals surface area contributed by atoms with Crippen LogP contribution in [0.3, 0.4) is 0 Å². The molecule has 1 unspecified atom stereocenters. The normalized spacial score (nSPS) is 24.0. The van der Waals surface area contributed by atoms with E-state index in [-0.39, 0.29) is 27.1 Å². The first-order chi connectivity index (χ1) is 14.1. The Bertz CT molecular complexity index is 1040. The predicted molar refractivity (Wildman–Crippen MR) is 118 cm³/mol. The summed E-state index contributed by atoms with van der Waals surface area (Å²) in [7, 11) is 1.77. The van der Waals surface area contributed by atoms with Gasteiger partial charge in [0.1, 0.15) is 10.8 Å². The van der Waals surface area contributed by atoms with E-state index in [1.165, 1.54) is 11.8 Å². The Kier molecular flexibility index (Phi) is 5.48. The summed E-state index contributed by atoms with van der Waals surface area (Å²) in [5.74, 6) is -0.399. The molecule has 0 radical (unpaired) electrons. The molecule has 1 aromatic carbocycles. The number of allylic oxidation sites excluding steroid dienone is 1. The first-order valence-electron chi connectivity index (χ1n) is 9.47. The standard InChI is InChI=1S/C20H22ClN5O2S2/c1-10-14(15(27)11-6-8-12(9-7-11)20(2,3)4)26-16(28)13(21)17(26)29-18(10)30-19-22-23-24-25(19)5/h6-9,13,17-18H,1-5H3/t13-,17+,18?/m0/s1. The molecule has 0 spiro atoms. The minimum absolute atomic E-state index is 0.00546. The zero-order valence-corrected chi connectivity index (χ0v) is 19.7. The van der Waals surface area contributed by atoms with Crippen molar-refractivity contribution in [1.29, 1.82) is 0 Å². The van der Waals surface area contributed by atoms with Crippen molar-refractivity contribution in [3.8, 4) is 0 Å². The van der Waals surface area contributed by atoms with E-state index >= 15 is 0 Å². The summed E-state index contributed by atoms with van der Waals surface area (Å²) in [5, 5.41) is 11.3. The van der Waals surface area contributed by atoms with Gasteiger partial charge in [-0.1, -0.05) is 56.8 Å². The van der Waals surface area contributed by atoms with Crippen LogP contribution in [0.15, 0.2) is 40.7 Å². The van der Waals surface area contributed by atoms with E-state index in [0.29, 0.717) is 16.4 Å². The molecule has 2 aromatic rings. The van der Waals surface area contributed by atoms with Gasteiger partial charge in [-0.05, 0) is 33.9 Å². The van der Waals surface area contributed by atoms with Crippen LogP contribution in [0, 0.1) is 0 Å². The van der Waals surface area contributed by atoms with E-state index < -0.39 is 5.38 Å². The van der Waals surface area contributed by atoms with Crippen molar-refractivity contribution in [2.24, 2.45) is 7.05 Å². The van der Waals surface area contributed by atoms with Crippen LogP contribution in [0.1, 0.15) is 43.6 Å². The number of thioether (sulfide) groups is 2. The van der Waals surface area contributed by atoms with Crippen molar-refractivity contribution in [1.82, 2.24) is 25.1 Å². The largest absolute Gasteiger partial charge is 0.293 e. The molecular formula is C20H22ClN5O2S2. The summed E-state index contributed by atoms with van der Waals surface area (Å²) in [6.07, 6.45) is 0. The van der Waals surface area contributed by atoms with Crippen molar-refractivity contribution in [2.45, 2.75) is 53.6 Å². The second kappa shape index (κ2) is 7.69. The summed E-state index contributed by atoms with van der Waals surface area (Å²) in [4.78, 5) is 27.5. The summed E-state index contributed by atoms with van der Waals surface area (Å²) < 4.78 is 1.46. The first-order valence-corrected chi connectivity index (χ1v) is 11.7. The molecule has 158 valence electrons. The molecule has 4 rings (SSSR count). The Morgan fingerprint density at radius 3 is 2.47 bits per heavy atom. The number of hydrogen-bond acceptors (Lipinski definition) is 7. The van der Waals surface area contributed by atoms with E-state index in [9.17, 15) is 9.59 Å². The molecule has 1 aromatic heterocycles. The topological polar surface area (TPSA) is 81.0 Å². The maximum absolute atomic E-state index is 13.5. The van der Waals surface area contributed by atoms with E-state index in [0.717, 1.165) is 11.1 Å². The maximum atomic E-state index is 13.5. The maximum Gasteiger partial charge on any atom is 0.249 e. The van der Waals surface area contributed by atoms with Crippen molar-refractivity contribution in [3.63, 3.8) is 0 Å². The second-order valence-electron chi connectivity index (χ2n) is 8.36. The van der Waals surface area contributed by atoms with Crippen LogP contribution in [0.25, 0.3) is 0 Å². The van der Waals surface area contributed by atoms with Crippen LogP contribution in [-0.4, -0.2) is 52.1 Å². The number of tetrazole rings is 1. The molecule has 0 bridgehead atoms. The fourth-order valence-electron chi connectivity index (χ4n) is 3.41. The lowest BCUT2D eigenvalue weighted by Crippen LogP contribution is -2.63. The summed E-state index contributed by atoms with van der Waals surface area (Å²) >= 11 is 9.29. The summed E-state index contributed by atoms with van der Waals surface area (Å²) in [5.41, 5.74) is 2.92. The SMILES string of the molecule is CC1=C(C(=O)c2ccc(C(C)(C)C)cc2)N2C(=O)[C@H](Cl)[C@H]2SC1Sc1nnnn1C. The average Bonchev–Trinajstić information content (AvgIpc) is 3.12. The van der Waals surface area contributed by atoms with Crippen LogP contribution in [0.4, 0.5) is 0 Å². The summed E-state index contributed by atoms with van der Waals surface area (Å²) in [6.45, 7) is 8.27. The highest BCUT2D eigenvalue weighted by Crippen LogP contribution is 2.50. The number of benzene rings is 1. The first kappa shape index (κ1) is 21.4. The zero-order valence-electron chi connectivity index (χ0n) is 17.3. The van der Waals surface area contributed by atoms with E-state index in [4.69, 9.17) is 11.6 Å². The number of nitrogens with zero attached hydrogens (tertiary/aromatic N) is 5. The number of halogens is 1. The van der Waals surface area contributed by atoms with Crippen molar-refractivity contribution in [2.75, 3.05) is 0 Å². The number of aryl methyl sites for hydroxylation is 1. The molecule has 7 nitrogen and oxygen atoms in total. The Morgan fingerprint density at radius 2 is 1.90 bits per heavy atom. The van der Waals surface area contributed by atoms with Gasteiger partial charge < -0.3 is 0 Å².